The molecule has 19 heavy (non-hydrogen) atoms. The monoisotopic (exact) mass is 274 g/mol. The molecule has 0 spiro atoms. The maximum atomic E-state index is 13.7. The number of hydrogen-bond acceptors (Lipinski definition) is 1. The first-order valence-electron chi connectivity index (χ1n) is 6.00. The maximum absolute atomic E-state index is 13.7. The Kier molecular flexibility index (Phi) is 2.99. The Labute approximate surface area is 115 Å². The highest BCUT2D eigenvalue weighted by molar-refractivity contribution is 6.35. The van der Waals surface area contributed by atoms with E-state index in [1.165, 1.54) is 6.07 Å². The van der Waals surface area contributed by atoms with Crippen molar-refractivity contribution < 1.29 is 4.39 Å². The average molecular weight is 275 g/mol. The molecule has 0 aliphatic heterocycles. The van der Waals surface area contributed by atoms with Crippen LogP contribution in [0.2, 0.25) is 5.02 Å². The fourth-order valence-electron chi connectivity index (χ4n) is 2.30. The van der Waals surface area contributed by atoms with Crippen LogP contribution < -0.4 is 0 Å². The molecule has 2 aromatic heterocycles. The van der Waals surface area contributed by atoms with E-state index in [0.717, 1.165) is 16.6 Å². The third kappa shape index (κ3) is 2.10. The van der Waals surface area contributed by atoms with Gasteiger partial charge >= 0.3 is 0 Å². The molecule has 2 heterocycles. The number of nitrogens with zero attached hydrogens (tertiary/aromatic N) is 2. The SMILES string of the molecule is Cc1cc2cccc(Cl)c2n1Cc1ncccc1F. The average Bonchev–Trinajstić information content (AvgIpc) is 2.70. The summed E-state index contributed by atoms with van der Waals surface area (Å²) < 4.78 is 15.7. The van der Waals surface area contributed by atoms with Crippen LogP contribution in [-0.4, -0.2) is 9.55 Å². The Bertz CT molecular complexity index is 749. The number of rotatable bonds is 2. The molecule has 0 N–H and O–H groups in total. The molecule has 4 heteroatoms. The largest absolute Gasteiger partial charge is 0.338 e. The second-order valence-electron chi connectivity index (χ2n) is 4.48. The summed E-state index contributed by atoms with van der Waals surface area (Å²) in [7, 11) is 0. The fraction of sp³-hybridized carbons (Fsp3) is 0.133. The molecular formula is C15H12ClFN2. The van der Waals surface area contributed by atoms with Gasteiger partial charge in [-0.25, -0.2) is 4.39 Å². The van der Waals surface area contributed by atoms with Crippen molar-refractivity contribution in [2.24, 2.45) is 0 Å². The second kappa shape index (κ2) is 4.67. The topological polar surface area (TPSA) is 17.8 Å². The van der Waals surface area contributed by atoms with E-state index in [1.807, 2.05) is 35.8 Å². The summed E-state index contributed by atoms with van der Waals surface area (Å²) in [5.74, 6) is -0.296. The van der Waals surface area contributed by atoms with Gasteiger partial charge in [0.2, 0.25) is 0 Å². The first kappa shape index (κ1) is 12.2. The molecule has 0 saturated carbocycles. The number of benzene rings is 1. The van der Waals surface area contributed by atoms with E-state index in [0.29, 0.717) is 17.3 Å². The molecule has 0 radical (unpaired) electrons. The fourth-order valence-corrected chi connectivity index (χ4v) is 2.58. The molecule has 2 nitrogen and oxygen atoms in total. The molecule has 0 atom stereocenters. The van der Waals surface area contributed by atoms with Crippen LogP contribution in [0.1, 0.15) is 11.4 Å². The predicted octanol–water partition coefficient (Wildman–Crippen LogP) is 4.19. The van der Waals surface area contributed by atoms with Crippen molar-refractivity contribution in [3.8, 4) is 0 Å². The number of fused-ring (bicyclic) bond motifs is 1. The minimum Gasteiger partial charge on any atom is -0.338 e. The highest BCUT2D eigenvalue weighted by Crippen LogP contribution is 2.27. The van der Waals surface area contributed by atoms with Crippen LogP contribution in [0.4, 0.5) is 4.39 Å². The highest BCUT2D eigenvalue weighted by Gasteiger charge is 2.11. The van der Waals surface area contributed by atoms with Crippen LogP contribution in [0.5, 0.6) is 0 Å². The lowest BCUT2D eigenvalue weighted by molar-refractivity contribution is 0.587. The Morgan fingerprint density at radius 3 is 2.89 bits per heavy atom. The van der Waals surface area contributed by atoms with Gasteiger partial charge in [-0.2, -0.15) is 0 Å². The van der Waals surface area contributed by atoms with Crippen molar-refractivity contribution in [3.05, 3.63) is 64.8 Å². The van der Waals surface area contributed by atoms with Gasteiger partial charge in [0.05, 0.1) is 22.8 Å². The summed E-state index contributed by atoms with van der Waals surface area (Å²) >= 11 is 6.25. The number of aryl methyl sites for hydroxylation is 1. The van der Waals surface area contributed by atoms with Crippen molar-refractivity contribution in [1.29, 1.82) is 0 Å². The van der Waals surface area contributed by atoms with E-state index in [1.54, 1.807) is 12.3 Å². The van der Waals surface area contributed by atoms with Crippen LogP contribution in [0.15, 0.2) is 42.6 Å². The van der Waals surface area contributed by atoms with Gasteiger partial charge < -0.3 is 4.57 Å². The molecule has 0 fully saturated rings. The third-order valence-electron chi connectivity index (χ3n) is 3.22. The van der Waals surface area contributed by atoms with Gasteiger partial charge in [-0.15, -0.1) is 0 Å². The predicted molar refractivity (Wildman–Crippen MR) is 75.0 cm³/mol. The Morgan fingerprint density at radius 1 is 1.26 bits per heavy atom. The zero-order chi connectivity index (χ0) is 13.4. The van der Waals surface area contributed by atoms with Crippen molar-refractivity contribution in [3.63, 3.8) is 0 Å². The van der Waals surface area contributed by atoms with E-state index in [4.69, 9.17) is 11.6 Å². The number of para-hydroxylation sites is 1. The van der Waals surface area contributed by atoms with E-state index in [2.05, 4.69) is 4.98 Å². The summed E-state index contributed by atoms with van der Waals surface area (Å²) in [4.78, 5) is 4.09. The Hall–Kier alpha value is -1.87. The molecule has 3 rings (SSSR count). The lowest BCUT2D eigenvalue weighted by atomic mass is 10.2. The Morgan fingerprint density at radius 2 is 2.11 bits per heavy atom. The van der Waals surface area contributed by atoms with Gasteiger partial charge in [-0.3, -0.25) is 4.98 Å². The molecule has 0 bridgehead atoms. The molecule has 0 amide bonds. The number of halogens is 2. The van der Waals surface area contributed by atoms with Gasteiger partial charge in [0.1, 0.15) is 5.82 Å². The van der Waals surface area contributed by atoms with Gasteiger partial charge in [-0.05, 0) is 31.2 Å². The summed E-state index contributed by atoms with van der Waals surface area (Å²) in [6, 6.07) is 10.8. The first-order chi connectivity index (χ1) is 9.16. The third-order valence-corrected chi connectivity index (χ3v) is 3.53. The lowest BCUT2D eigenvalue weighted by Gasteiger charge is -2.09. The molecule has 1 aromatic carbocycles. The smallest absolute Gasteiger partial charge is 0.146 e. The first-order valence-corrected chi connectivity index (χ1v) is 6.38. The van der Waals surface area contributed by atoms with Gasteiger partial charge in [-0.1, -0.05) is 23.7 Å². The van der Waals surface area contributed by atoms with Gasteiger partial charge in [0.25, 0.3) is 0 Å². The summed E-state index contributed by atoms with van der Waals surface area (Å²) in [6.07, 6.45) is 1.60. The van der Waals surface area contributed by atoms with Crippen LogP contribution in [0.25, 0.3) is 10.9 Å². The van der Waals surface area contributed by atoms with E-state index in [9.17, 15) is 4.39 Å². The minimum atomic E-state index is -0.296. The van der Waals surface area contributed by atoms with Crippen LogP contribution in [-0.2, 0) is 6.54 Å². The molecule has 0 saturated heterocycles. The Balaban J connectivity index is 2.16. The number of hydrogen-bond donors (Lipinski definition) is 0. The van der Waals surface area contributed by atoms with Crippen LogP contribution in [0.3, 0.4) is 0 Å². The van der Waals surface area contributed by atoms with Crippen molar-refractivity contribution in [2.75, 3.05) is 0 Å². The summed E-state index contributed by atoms with van der Waals surface area (Å²) in [6.45, 7) is 2.36. The van der Waals surface area contributed by atoms with Crippen LogP contribution in [0, 0.1) is 12.7 Å². The van der Waals surface area contributed by atoms with Crippen molar-refractivity contribution >= 4 is 22.5 Å². The normalized spacial score (nSPS) is 11.1. The zero-order valence-electron chi connectivity index (χ0n) is 10.4. The number of aromatic nitrogens is 2. The standard InChI is InChI=1S/C15H12ClFN2/c1-10-8-11-4-2-5-12(16)15(11)19(10)9-14-13(17)6-3-7-18-14/h2-8H,9H2,1H3. The summed E-state index contributed by atoms with van der Waals surface area (Å²) in [5, 5.41) is 1.73. The van der Waals surface area contributed by atoms with Gasteiger partial charge in [0, 0.05) is 17.3 Å². The van der Waals surface area contributed by atoms with E-state index >= 15 is 0 Å². The quantitative estimate of drug-likeness (QED) is 0.685. The molecule has 0 unspecified atom stereocenters. The molecule has 0 aliphatic carbocycles. The second-order valence-corrected chi connectivity index (χ2v) is 4.89. The minimum absolute atomic E-state index is 0.296. The maximum Gasteiger partial charge on any atom is 0.146 e. The zero-order valence-corrected chi connectivity index (χ0v) is 11.2. The van der Waals surface area contributed by atoms with Gasteiger partial charge in [0.15, 0.2) is 0 Å². The van der Waals surface area contributed by atoms with E-state index in [-0.39, 0.29) is 5.82 Å². The molecule has 0 aliphatic rings. The van der Waals surface area contributed by atoms with Crippen molar-refractivity contribution in [1.82, 2.24) is 9.55 Å². The van der Waals surface area contributed by atoms with Crippen molar-refractivity contribution in [2.45, 2.75) is 13.5 Å². The molecular weight excluding hydrogens is 263 g/mol. The highest BCUT2D eigenvalue weighted by atomic mass is 35.5. The lowest BCUT2D eigenvalue weighted by Crippen LogP contribution is -2.05. The molecule has 96 valence electrons. The number of pyridine rings is 1. The van der Waals surface area contributed by atoms with Crippen LogP contribution >= 0.6 is 11.6 Å². The van der Waals surface area contributed by atoms with E-state index < -0.39 is 0 Å². The summed E-state index contributed by atoms with van der Waals surface area (Å²) in [5.41, 5.74) is 2.38. The molecule has 3 aromatic rings.